The van der Waals surface area contributed by atoms with E-state index >= 15 is 0 Å². The van der Waals surface area contributed by atoms with Crippen LogP contribution in [0, 0.1) is 0 Å². The molecule has 0 fully saturated rings. The molecule has 0 aliphatic rings. The van der Waals surface area contributed by atoms with E-state index in [2.05, 4.69) is 41.5 Å². The molecule has 0 saturated heterocycles. The number of carboxylic acids is 6. The maximum absolute atomic E-state index is 10.2. The maximum Gasteiger partial charge on any atom is 2.00 e. The largest absolute Gasteiger partial charge is 2.00 e. The van der Waals surface area contributed by atoms with Gasteiger partial charge in [-0.25, -0.2) is 0 Å². The van der Waals surface area contributed by atoms with Gasteiger partial charge in [0.15, 0.2) is 0 Å². The predicted octanol–water partition coefficient (Wildman–Crippen LogP) is 29.6. The number of carbonyl (C=O) groups is 6. The summed E-state index contributed by atoms with van der Waals surface area (Å²) >= 11 is 0. The van der Waals surface area contributed by atoms with Crippen LogP contribution in [0.15, 0.2) is 0 Å². The van der Waals surface area contributed by atoms with Crippen LogP contribution in [0.4, 0.5) is 0 Å². The fourth-order valence-corrected chi connectivity index (χ4v) is 15.8. The number of hydrogen-bond acceptors (Lipinski definition) is 12. The Bertz CT molecular complexity index is 1570. The maximum atomic E-state index is 10.2. The molecule has 0 aliphatic carbocycles. The number of hydrogen-bond donors (Lipinski definition) is 0. The van der Waals surface area contributed by atoms with E-state index in [0.29, 0.717) is 0 Å². The molecule has 15 heteroatoms. The van der Waals surface area contributed by atoms with E-state index in [4.69, 9.17) is 0 Å². The molecule has 0 atom stereocenters. The quantitative estimate of drug-likeness (QED) is 0.0408. The molecule has 0 radical (unpaired) electrons. The van der Waals surface area contributed by atoms with Crippen molar-refractivity contribution in [3.63, 3.8) is 0 Å². The second-order valence-corrected chi connectivity index (χ2v) is 36.4. The predicted molar refractivity (Wildman–Crippen MR) is 513 cm³/mol. The minimum Gasteiger partial charge on any atom is -0.550 e. The van der Waals surface area contributed by atoms with Crippen LogP contribution >= 0.6 is 0 Å². The summed E-state index contributed by atoms with van der Waals surface area (Å²) in [5.74, 6) is -5.42. The van der Waals surface area contributed by atoms with E-state index in [1.807, 2.05) is 0 Å². The van der Waals surface area contributed by atoms with Crippen molar-refractivity contribution in [1.82, 2.24) is 0 Å². The van der Waals surface area contributed by atoms with E-state index in [0.717, 1.165) is 77.0 Å². The molecule has 0 amide bonds. The van der Waals surface area contributed by atoms with Crippen molar-refractivity contribution in [3.8, 4) is 0 Å². The number of rotatable bonds is 96. The van der Waals surface area contributed by atoms with Gasteiger partial charge in [0, 0.05) is 35.8 Å². The van der Waals surface area contributed by atoms with Gasteiger partial charge in [-0.3, -0.25) is 0 Å². The fourth-order valence-electron chi connectivity index (χ4n) is 15.8. The molecule has 123 heavy (non-hydrogen) atoms. The Morgan fingerprint density at radius 3 is 0.211 bits per heavy atom. The first-order valence-corrected chi connectivity index (χ1v) is 53.8. The third-order valence-electron chi connectivity index (χ3n) is 23.9. The molecule has 0 bridgehead atoms. The molecule has 720 valence electrons. The Hall–Kier alpha value is -0.674. The van der Waals surface area contributed by atoms with E-state index in [1.54, 1.807) is 0 Å². The zero-order valence-electron chi connectivity index (χ0n) is 83.9. The average Bonchev–Trinajstić information content (AvgIpc) is 1.20. The second-order valence-electron chi connectivity index (χ2n) is 36.4. The molecule has 0 N–H and O–H groups in total. The summed E-state index contributed by atoms with van der Waals surface area (Å²) in [5.41, 5.74) is 0. The van der Waals surface area contributed by atoms with Gasteiger partial charge in [0.1, 0.15) is 0 Å². The molecule has 0 aromatic rings. The monoisotopic (exact) mass is 1870 g/mol. The van der Waals surface area contributed by atoms with Gasteiger partial charge >= 0.3 is 76.7 Å². The number of carbonyl (C=O) groups excluding carboxylic acids is 6. The molecule has 12 nitrogen and oxygen atoms in total. The van der Waals surface area contributed by atoms with Crippen LogP contribution in [0.3, 0.4) is 0 Å². The molecular weight excluding hydrogens is 1660 g/mol. The molecule has 0 spiro atoms. The zero-order valence-corrected chi connectivity index (χ0v) is 92.0. The van der Waals surface area contributed by atoms with Gasteiger partial charge < -0.3 is 59.4 Å². The average molecular weight is 1870 g/mol. The van der Waals surface area contributed by atoms with Gasteiger partial charge in [-0.15, -0.1) is 0 Å². The van der Waals surface area contributed by atoms with E-state index in [1.165, 1.54) is 501 Å². The van der Waals surface area contributed by atoms with Crippen molar-refractivity contribution >= 4 is 73.6 Å². The Morgan fingerprint density at radius 2 is 0.163 bits per heavy atom. The molecule has 0 heterocycles. The van der Waals surface area contributed by atoms with E-state index < -0.39 is 35.8 Å². The van der Waals surface area contributed by atoms with Gasteiger partial charge in [-0.2, -0.15) is 0 Å². The molecule has 0 aromatic heterocycles. The SMILES string of the molecule is CCCCCCCCCCCCCCCCCC(=O)[O-].CCCCCCCCCCCCCCCCCC(=O)[O-].CCCCCCCCCCCCCCCCCC(=O)[O-].CCCCCCCCCCCCCCCCCC(=O)[O-].CCCCCCCCCCCCCCCCCC(=O)[O-].CCCCCCCCCCCCCCCCCC(=O)[O-].[Ca+2].[Zn+2].[Zn+2]. The Balaban J connectivity index is -0.000000180. The standard InChI is InChI=1S/6C18H36O2.Ca.2Zn/c6*1-2-3-4-5-6-7-8-9-10-11-12-13-14-15-16-17-18(19)20;;;/h6*2-17H2,1H3,(H,19,20);;;/q;;;;;;3*+2/p-6. The summed E-state index contributed by atoms with van der Waals surface area (Å²) in [4.78, 5) is 61.3. The Kier molecular flexibility index (Phi) is 156. The Morgan fingerprint density at radius 1 is 0.114 bits per heavy atom. The van der Waals surface area contributed by atoms with Crippen molar-refractivity contribution in [3.05, 3.63) is 0 Å². The van der Waals surface area contributed by atoms with Gasteiger partial charge in [0.2, 0.25) is 0 Å². The first-order chi connectivity index (χ1) is 58.6. The molecule has 0 rings (SSSR count). The van der Waals surface area contributed by atoms with Gasteiger partial charge in [-0.1, -0.05) is 581 Å². The van der Waals surface area contributed by atoms with Gasteiger partial charge in [-0.05, 0) is 77.0 Å². The van der Waals surface area contributed by atoms with Crippen LogP contribution in [0.25, 0.3) is 0 Å². The number of aliphatic carboxylic acids is 6. The van der Waals surface area contributed by atoms with Crippen LogP contribution in [0.1, 0.15) is 658 Å². The third kappa shape index (κ3) is 168. The number of unbranched alkanes of at least 4 members (excludes halogenated alkanes) is 84. The summed E-state index contributed by atoms with van der Waals surface area (Å²) in [6, 6.07) is 0. The van der Waals surface area contributed by atoms with Crippen LogP contribution in [-0.2, 0) is 67.7 Å². The van der Waals surface area contributed by atoms with Crippen molar-refractivity contribution in [2.45, 2.75) is 658 Å². The van der Waals surface area contributed by atoms with Crippen LogP contribution in [0.5, 0.6) is 0 Å². The van der Waals surface area contributed by atoms with Crippen molar-refractivity contribution in [2.75, 3.05) is 0 Å². The molecule has 0 unspecified atom stereocenters. The molecular formula is C108H210CaO12Zn2. The first-order valence-electron chi connectivity index (χ1n) is 53.8. The van der Waals surface area contributed by atoms with Crippen molar-refractivity contribution in [2.24, 2.45) is 0 Å². The summed E-state index contributed by atoms with van der Waals surface area (Å²) in [7, 11) is 0. The van der Waals surface area contributed by atoms with Crippen LogP contribution in [0.2, 0.25) is 0 Å². The Labute approximate surface area is 822 Å². The summed E-state index contributed by atoms with van der Waals surface area (Å²) in [5, 5.41) is 61.3. The van der Waals surface area contributed by atoms with E-state index in [9.17, 15) is 59.4 Å². The second kappa shape index (κ2) is 137. The molecule has 0 saturated carbocycles. The summed E-state index contributed by atoms with van der Waals surface area (Å²) in [6.45, 7) is 13.6. The van der Waals surface area contributed by atoms with Crippen LogP contribution in [-0.4, -0.2) is 73.6 Å². The smallest absolute Gasteiger partial charge is 0.550 e. The molecule has 0 aromatic carbocycles. The topological polar surface area (TPSA) is 241 Å². The minimum atomic E-state index is -0.903. The normalized spacial score (nSPS) is 10.6. The van der Waals surface area contributed by atoms with E-state index in [-0.39, 0.29) is 115 Å². The van der Waals surface area contributed by atoms with Gasteiger partial charge in [0.05, 0.1) is 0 Å². The first kappa shape index (κ1) is 140. The summed E-state index contributed by atoms with van der Waals surface area (Å²) in [6.07, 6.45) is 119. The minimum absolute atomic E-state index is 0. The zero-order chi connectivity index (χ0) is 89.3. The fraction of sp³-hybridized carbons (Fsp3) is 0.944. The van der Waals surface area contributed by atoms with Crippen molar-refractivity contribution < 1.29 is 98.4 Å². The summed E-state index contributed by atoms with van der Waals surface area (Å²) < 4.78 is 0. The number of carboxylic acid groups (broad SMARTS) is 6. The van der Waals surface area contributed by atoms with Crippen molar-refractivity contribution in [1.29, 1.82) is 0 Å². The van der Waals surface area contributed by atoms with Gasteiger partial charge in [0.25, 0.3) is 0 Å². The van der Waals surface area contributed by atoms with Crippen LogP contribution < -0.4 is 30.6 Å². The molecule has 0 aliphatic heterocycles. The third-order valence-corrected chi connectivity index (χ3v) is 23.9.